The van der Waals surface area contributed by atoms with Crippen molar-refractivity contribution in [3.63, 3.8) is 0 Å². The third-order valence-electron chi connectivity index (χ3n) is 3.42. The van der Waals surface area contributed by atoms with Crippen LogP contribution in [-0.4, -0.2) is 37.0 Å². The molecular formula is C10H18N2O. The average Bonchev–Trinajstić information content (AvgIpc) is 2.29. The van der Waals surface area contributed by atoms with Gasteiger partial charge in [0.2, 0.25) is 5.91 Å². The average molecular weight is 182 g/mol. The molecule has 2 rings (SSSR count). The highest BCUT2D eigenvalue weighted by Gasteiger charge is 2.32. The predicted molar refractivity (Wildman–Crippen MR) is 51.4 cm³/mol. The van der Waals surface area contributed by atoms with Crippen molar-refractivity contribution in [1.29, 1.82) is 0 Å². The van der Waals surface area contributed by atoms with E-state index in [0.29, 0.717) is 17.9 Å². The summed E-state index contributed by atoms with van der Waals surface area (Å²) < 4.78 is 0. The molecule has 1 N–H and O–H groups in total. The van der Waals surface area contributed by atoms with Gasteiger partial charge in [-0.15, -0.1) is 0 Å². The molecule has 0 aromatic rings. The third-order valence-corrected chi connectivity index (χ3v) is 3.42. The number of hydrogen-bond donors (Lipinski definition) is 1. The molecule has 74 valence electrons. The lowest BCUT2D eigenvalue weighted by Crippen LogP contribution is -2.48. The maximum absolute atomic E-state index is 11.6. The molecule has 2 atom stereocenters. The van der Waals surface area contributed by atoms with Crippen molar-refractivity contribution in [3.05, 3.63) is 0 Å². The van der Waals surface area contributed by atoms with Gasteiger partial charge >= 0.3 is 0 Å². The smallest absolute Gasteiger partial charge is 0.222 e. The Morgan fingerprint density at radius 2 is 2.31 bits per heavy atom. The molecule has 13 heavy (non-hydrogen) atoms. The van der Waals surface area contributed by atoms with E-state index >= 15 is 0 Å². The highest BCUT2D eigenvalue weighted by atomic mass is 16.2. The molecule has 0 aromatic heterocycles. The summed E-state index contributed by atoms with van der Waals surface area (Å²) in [6.07, 6.45) is 4.18. The predicted octanol–water partition coefficient (Wildman–Crippen LogP) is 0.607. The van der Waals surface area contributed by atoms with Crippen molar-refractivity contribution in [3.8, 4) is 0 Å². The molecule has 0 saturated carbocycles. The minimum Gasteiger partial charge on any atom is -0.342 e. The molecule has 0 spiro atoms. The summed E-state index contributed by atoms with van der Waals surface area (Å²) in [5, 5.41) is 3.41. The number of rotatable bonds is 0. The van der Waals surface area contributed by atoms with Gasteiger partial charge in [0.15, 0.2) is 0 Å². The minimum atomic E-state index is 0.342. The molecule has 3 heteroatoms. The molecule has 2 aliphatic rings. The van der Waals surface area contributed by atoms with E-state index in [2.05, 4.69) is 5.32 Å². The highest BCUT2D eigenvalue weighted by Crippen LogP contribution is 2.26. The van der Waals surface area contributed by atoms with Gasteiger partial charge in [-0.05, 0) is 38.3 Å². The minimum absolute atomic E-state index is 0.342. The summed E-state index contributed by atoms with van der Waals surface area (Å²) in [4.78, 5) is 13.6. The Morgan fingerprint density at radius 1 is 1.46 bits per heavy atom. The first-order valence-electron chi connectivity index (χ1n) is 5.25. The molecule has 0 aliphatic carbocycles. The molecule has 1 amide bonds. The summed E-state index contributed by atoms with van der Waals surface area (Å²) in [6.45, 7) is 2.17. The molecule has 2 saturated heterocycles. The van der Waals surface area contributed by atoms with Gasteiger partial charge in [-0.1, -0.05) is 0 Å². The van der Waals surface area contributed by atoms with Gasteiger partial charge in [-0.25, -0.2) is 0 Å². The first kappa shape index (κ1) is 9.00. The summed E-state index contributed by atoms with van der Waals surface area (Å²) in [7, 11) is 1.97. The summed E-state index contributed by atoms with van der Waals surface area (Å²) in [6, 6.07) is 0.510. The van der Waals surface area contributed by atoms with E-state index < -0.39 is 0 Å². The lowest BCUT2D eigenvalue weighted by molar-refractivity contribution is -0.132. The number of fused-ring (bicyclic) bond motifs is 1. The fourth-order valence-corrected chi connectivity index (χ4v) is 2.59. The molecule has 3 nitrogen and oxygen atoms in total. The van der Waals surface area contributed by atoms with Crippen molar-refractivity contribution < 1.29 is 4.79 Å². The number of nitrogens with zero attached hydrogens (tertiary/aromatic N) is 1. The molecule has 2 aliphatic heterocycles. The van der Waals surface area contributed by atoms with Crippen molar-refractivity contribution in [1.82, 2.24) is 10.2 Å². The standard InChI is InChI=1S/C10H18N2O/c1-12-9-5-6-11-7-8(9)3-2-4-10(12)13/h8-9,11H,2-7H2,1H3/t8-,9+/m0/s1. The third kappa shape index (κ3) is 1.70. The van der Waals surface area contributed by atoms with Crippen molar-refractivity contribution in [2.24, 2.45) is 5.92 Å². The monoisotopic (exact) mass is 182 g/mol. The van der Waals surface area contributed by atoms with Crippen LogP contribution in [0.25, 0.3) is 0 Å². The number of amides is 1. The van der Waals surface area contributed by atoms with Crippen LogP contribution in [0.3, 0.4) is 0 Å². The van der Waals surface area contributed by atoms with Gasteiger partial charge in [0.05, 0.1) is 0 Å². The van der Waals surface area contributed by atoms with Crippen molar-refractivity contribution >= 4 is 5.91 Å². The maximum Gasteiger partial charge on any atom is 0.222 e. The number of hydrogen-bond acceptors (Lipinski definition) is 2. The van der Waals surface area contributed by atoms with Crippen molar-refractivity contribution in [2.75, 3.05) is 20.1 Å². The van der Waals surface area contributed by atoms with Crippen LogP contribution in [0.1, 0.15) is 25.7 Å². The first-order valence-corrected chi connectivity index (χ1v) is 5.25. The van der Waals surface area contributed by atoms with Crippen LogP contribution in [0.5, 0.6) is 0 Å². The van der Waals surface area contributed by atoms with Crippen LogP contribution in [0, 0.1) is 5.92 Å². The molecule has 0 radical (unpaired) electrons. The van der Waals surface area contributed by atoms with Crippen molar-refractivity contribution in [2.45, 2.75) is 31.7 Å². The zero-order valence-corrected chi connectivity index (χ0v) is 8.25. The van der Waals surface area contributed by atoms with E-state index in [1.807, 2.05) is 11.9 Å². The van der Waals surface area contributed by atoms with Crippen LogP contribution in [0.2, 0.25) is 0 Å². The van der Waals surface area contributed by atoms with Gasteiger partial charge in [-0.2, -0.15) is 0 Å². The summed E-state index contributed by atoms with van der Waals surface area (Å²) in [5.74, 6) is 1.04. The molecule has 0 bridgehead atoms. The largest absolute Gasteiger partial charge is 0.342 e. The van der Waals surface area contributed by atoms with Crippen LogP contribution >= 0.6 is 0 Å². The SMILES string of the molecule is CN1C(=O)CCC[C@H]2CNCC[C@H]21. The van der Waals surface area contributed by atoms with Gasteiger partial charge in [0, 0.05) is 19.5 Å². The van der Waals surface area contributed by atoms with Crippen LogP contribution in [0.15, 0.2) is 0 Å². The molecule has 2 fully saturated rings. The van der Waals surface area contributed by atoms with Crippen LogP contribution in [0.4, 0.5) is 0 Å². The second-order valence-corrected chi connectivity index (χ2v) is 4.22. The number of carbonyl (C=O) groups is 1. The highest BCUT2D eigenvalue weighted by molar-refractivity contribution is 5.76. The summed E-state index contributed by atoms with van der Waals surface area (Å²) in [5.41, 5.74) is 0. The molecule has 0 unspecified atom stereocenters. The fraction of sp³-hybridized carbons (Fsp3) is 0.900. The van der Waals surface area contributed by atoms with Gasteiger partial charge < -0.3 is 10.2 Å². The fourth-order valence-electron chi connectivity index (χ4n) is 2.59. The zero-order chi connectivity index (χ0) is 9.26. The Labute approximate surface area is 79.5 Å². The number of nitrogens with one attached hydrogen (secondary N) is 1. The van der Waals surface area contributed by atoms with Crippen LogP contribution < -0.4 is 5.32 Å². The first-order chi connectivity index (χ1) is 6.29. The van der Waals surface area contributed by atoms with E-state index in [4.69, 9.17) is 0 Å². The van der Waals surface area contributed by atoms with E-state index in [1.165, 1.54) is 6.42 Å². The van der Waals surface area contributed by atoms with Gasteiger partial charge in [0.25, 0.3) is 0 Å². The molecular weight excluding hydrogens is 164 g/mol. The number of likely N-dealkylation sites (tertiary alicyclic amines) is 1. The second kappa shape index (κ2) is 3.66. The van der Waals surface area contributed by atoms with E-state index in [-0.39, 0.29) is 0 Å². The van der Waals surface area contributed by atoms with Crippen LogP contribution in [-0.2, 0) is 4.79 Å². The lowest BCUT2D eigenvalue weighted by atomic mass is 9.90. The Bertz CT molecular complexity index is 205. The van der Waals surface area contributed by atoms with E-state index in [1.54, 1.807) is 0 Å². The number of carbonyl (C=O) groups excluding carboxylic acids is 1. The van der Waals surface area contributed by atoms with E-state index in [9.17, 15) is 4.79 Å². The Kier molecular flexibility index (Phi) is 2.54. The quantitative estimate of drug-likeness (QED) is 0.595. The van der Waals surface area contributed by atoms with Gasteiger partial charge in [0.1, 0.15) is 0 Å². The molecule has 0 aromatic carbocycles. The Balaban J connectivity index is 2.11. The summed E-state index contributed by atoms with van der Waals surface area (Å²) >= 11 is 0. The Hall–Kier alpha value is -0.570. The maximum atomic E-state index is 11.6. The van der Waals surface area contributed by atoms with Gasteiger partial charge in [-0.3, -0.25) is 4.79 Å². The number of piperidine rings is 1. The zero-order valence-electron chi connectivity index (χ0n) is 8.25. The Morgan fingerprint density at radius 3 is 3.15 bits per heavy atom. The topological polar surface area (TPSA) is 32.3 Å². The molecule has 2 heterocycles. The second-order valence-electron chi connectivity index (χ2n) is 4.22. The van der Waals surface area contributed by atoms with E-state index in [0.717, 1.165) is 32.4 Å². The normalized spacial score (nSPS) is 35.5. The lowest BCUT2D eigenvalue weighted by Gasteiger charge is -2.36.